The third-order valence-corrected chi connectivity index (χ3v) is 5.26. The van der Waals surface area contributed by atoms with Crippen LogP contribution in [0, 0.1) is 11.8 Å². The molecular weight excluding hydrogens is 360 g/mol. The first-order valence-corrected chi connectivity index (χ1v) is 10.3. The molecule has 8 nitrogen and oxygen atoms in total. The highest BCUT2D eigenvalue weighted by atomic mass is 16.6. The molecule has 1 aromatic rings. The lowest BCUT2D eigenvalue weighted by Gasteiger charge is -2.14. The molecule has 2 aliphatic carbocycles. The van der Waals surface area contributed by atoms with Gasteiger partial charge in [-0.3, -0.25) is 9.89 Å². The number of nitrogens with zero attached hydrogens (tertiary/aromatic N) is 1. The van der Waals surface area contributed by atoms with E-state index in [1.54, 1.807) is 0 Å². The molecule has 3 N–H and O–H groups in total. The van der Waals surface area contributed by atoms with Crippen molar-refractivity contribution in [1.82, 2.24) is 15.5 Å². The smallest absolute Gasteiger partial charge is 0.407 e. The van der Waals surface area contributed by atoms with Crippen molar-refractivity contribution in [2.24, 2.45) is 11.8 Å². The quantitative estimate of drug-likeness (QED) is 0.630. The fourth-order valence-electron chi connectivity index (χ4n) is 3.65. The minimum Gasteiger partial charge on any atom is -0.446 e. The van der Waals surface area contributed by atoms with Gasteiger partial charge in [0.25, 0.3) is 0 Å². The minimum absolute atomic E-state index is 0.00777. The summed E-state index contributed by atoms with van der Waals surface area (Å²) in [4.78, 5) is 24.1. The molecule has 8 heteroatoms. The maximum atomic E-state index is 12.3. The highest BCUT2D eigenvalue weighted by Crippen LogP contribution is 2.40. The third kappa shape index (κ3) is 5.70. The number of aromatic amines is 1. The highest BCUT2D eigenvalue weighted by molar-refractivity contribution is 5.93. The van der Waals surface area contributed by atoms with Gasteiger partial charge in [0.1, 0.15) is 6.10 Å². The Labute approximate surface area is 166 Å². The number of ether oxygens (including phenoxy) is 2. The molecule has 0 unspecified atom stereocenters. The van der Waals surface area contributed by atoms with Gasteiger partial charge in [-0.15, -0.1) is 0 Å². The summed E-state index contributed by atoms with van der Waals surface area (Å²) < 4.78 is 11.1. The zero-order valence-electron chi connectivity index (χ0n) is 17.2. The van der Waals surface area contributed by atoms with Crippen LogP contribution in [0.4, 0.5) is 10.6 Å². The van der Waals surface area contributed by atoms with E-state index < -0.39 is 0 Å². The standard InChI is InChI=1S/C20H32N4O4/c1-11(2)21-20(26)28-15-6-5-13(7-15)17-9-18(24-23-17)22-19(25)16-8-14(16)10-27-12(3)4/h9,11-16H,5-8,10H2,1-4H3,(H,21,26)(H2,22,23,24,25)/t13-,14+,15+,16-/m0/s1. The molecule has 2 aliphatic rings. The predicted octanol–water partition coefficient (Wildman–Crippen LogP) is 3.18. The number of amides is 2. The summed E-state index contributed by atoms with van der Waals surface area (Å²) in [5.41, 5.74) is 0.973. The zero-order chi connectivity index (χ0) is 20.3. The van der Waals surface area contributed by atoms with Crippen molar-refractivity contribution in [3.63, 3.8) is 0 Å². The normalized spacial score (nSPS) is 26.5. The molecule has 4 atom stereocenters. The maximum Gasteiger partial charge on any atom is 0.407 e. The lowest BCUT2D eigenvalue weighted by atomic mass is 10.0. The van der Waals surface area contributed by atoms with E-state index in [-0.39, 0.29) is 42.1 Å². The molecule has 2 saturated carbocycles. The lowest BCUT2D eigenvalue weighted by Crippen LogP contribution is -2.33. The van der Waals surface area contributed by atoms with Crippen LogP contribution in [0.3, 0.4) is 0 Å². The molecule has 0 saturated heterocycles. The molecule has 1 heterocycles. The second kappa shape index (κ2) is 8.94. The third-order valence-electron chi connectivity index (χ3n) is 5.26. The summed E-state index contributed by atoms with van der Waals surface area (Å²) in [7, 11) is 0. The van der Waals surface area contributed by atoms with Gasteiger partial charge in [0.15, 0.2) is 5.82 Å². The van der Waals surface area contributed by atoms with Crippen LogP contribution in [-0.4, -0.2) is 47.1 Å². The van der Waals surface area contributed by atoms with Gasteiger partial charge in [0, 0.05) is 29.6 Å². The van der Waals surface area contributed by atoms with E-state index >= 15 is 0 Å². The number of rotatable bonds is 8. The molecule has 156 valence electrons. The lowest BCUT2D eigenvalue weighted by molar-refractivity contribution is -0.117. The van der Waals surface area contributed by atoms with E-state index in [0.717, 1.165) is 31.4 Å². The Morgan fingerprint density at radius 1 is 1.25 bits per heavy atom. The highest BCUT2D eigenvalue weighted by Gasteiger charge is 2.43. The molecule has 28 heavy (non-hydrogen) atoms. The SMILES string of the molecule is CC(C)NC(=O)O[C@@H]1CC[C@H](c2cc(NC(=O)[C@H]3C[C@@H]3COC(C)C)n[nH]2)C1. The number of nitrogens with one attached hydrogen (secondary N) is 3. The summed E-state index contributed by atoms with van der Waals surface area (Å²) >= 11 is 0. The van der Waals surface area contributed by atoms with Crippen molar-refractivity contribution in [3.05, 3.63) is 11.8 Å². The van der Waals surface area contributed by atoms with Crippen LogP contribution >= 0.6 is 0 Å². The predicted molar refractivity (Wildman–Crippen MR) is 105 cm³/mol. The van der Waals surface area contributed by atoms with E-state index in [1.165, 1.54) is 0 Å². The van der Waals surface area contributed by atoms with Crippen LogP contribution in [-0.2, 0) is 14.3 Å². The van der Waals surface area contributed by atoms with E-state index in [2.05, 4.69) is 20.8 Å². The Bertz CT molecular complexity index is 688. The van der Waals surface area contributed by atoms with Crippen molar-refractivity contribution in [2.45, 2.75) is 77.5 Å². The van der Waals surface area contributed by atoms with Crippen molar-refractivity contribution >= 4 is 17.8 Å². The van der Waals surface area contributed by atoms with Crippen LogP contribution in [0.25, 0.3) is 0 Å². The van der Waals surface area contributed by atoms with Crippen molar-refractivity contribution < 1.29 is 19.1 Å². The fourth-order valence-corrected chi connectivity index (χ4v) is 3.65. The Morgan fingerprint density at radius 2 is 2.04 bits per heavy atom. The van der Waals surface area contributed by atoms with Gasteiger partial charge in [-0.05, 0) is 59.3 Å². The second-order valence-corrected chi connectivity index (χ2v) is 8.52. The van der Waals surface area contributed by atoms with Gasteiger partial charge >= 0.3 is 6.09 Å². The molecular formula is C20H32N4O4. The number of carbonyl (C=O) groups is 2. The van der Waals surface area contributed by atoms with E-state index in [9.17, 15) is 9.59 Å². The van der Waals surface area contributed by atoms with Crippen molar-refractivity contribution in [1.29, 1.82) is 0 Å². The molecule has 1 aromatic heterocycles. The largest absolute Gasteiger partial charge is 0.446 e. The summed E-state index contributed by atoms with van der Waals surface area (Å²) in [6.07, 6.45) is 3.13. The van der Waals surface area contributed by atoms with E-state index in [1.807, 2.05) is 33.8 Å². The molecule has 2 amide bonds. The number of hydrogen-bond donors (Lipinski definition) is 3. The number of alkyl carbamates (subject to hydrolysis) is 1. The van der Waals surface area contributed by atoms with Gasteiger partial charge in [0.05, 0.1) is 12.7 Å². The molecule has 0 aliphatic heterocycles. The van der Waals surface area contributed by atoms with Crippen molar-refractivity contribution in [3.8, 4) is 0 Å². The Kier molecular flexibility index (Phi) is 6.59. The number of H-pyrrole nitrogens is 1. The van der Waals surface area contributed by atoms with Crippen LogP contribution in [0.1, 0.15) is 65.0 Å². The monoisotopic (exact) mass is 392 g/mol. The Hall–Kier alpha value is -2.09. The topological polar surface area (TPSA) is 105 Å². The number of anilines is 1. The van der Waals surface area contributed by atoms with Crippen LogP contribution in [0.2, 0.25) is 0 Å². The first kappa shape index (κ1) is 20.6. The number of hydrogen-bond acceptors (Lipinski definition) is 5. The summed E-state index contributed by atoms with van der Waals surface area (Å²) in [5, 5.41) is 12.9. The average Bonchev–Trinajstić information content (AvgIpc) is 2.99. The van der Waals surface area contributed by atoms with Gasteiger partial charge in [-0.2, -0.15) is 5.10 Å². The molecule has 0 aromatic carbocycles. The molecule has 2 fully saturated rings. The second-order valence-electron chi connectivity index (χ2n) is 8.52. The minimum atomic E-state index is -0.362. The summed E-state index contributed by atoms with van der Waals surface area (Å²) in [5.74, 6) is 1.14. The average molecular weight is 393 g/mol. The molecule has 0 spiro atoms. The van der Waals surface area contributed by atoms with Crippen molar-refractivity contribution in [2.75, 3.05) is 11.9 Å². The Morgan fingerprint density at radius 3 is 2.75 bits per heavy atom. The van der Waals surface area contributed by atoms with E-state index in [4.69, 9.17) is 9.47 Å². The fraction of sp³-hybridized carbons (Fsp3) is 0.750. The first-order chi connectivity index (χ1) is 13.3. The van der Waals surface area contributed by atoms with Crippen LogP contribution < -0.4 is 10.6 Å². The van der Waals surface area contributed by atoms with Gasteiger partial charge < -0.3 is 20.1 Å². The van der Waals surface area contributed by atoms with Gasteiger partial charge in [-0.1, -0.05) is 0 Å². The van der Waals surface area contributed by atoms with Crippen LogP contribution in [0.5, 0.6) is 0 Å². The Balaban J connectivity index is 1.43. The molecule has 0 bridgehead atoms. The number of carbonyl (C=O) groups excluding carboxylic acids is 2. The maximum absolute atomic E-state index is 12.3. The summed E-state index contributed by atoms with van der Waals surface area (Å²) in [6, 6.07) is 1.95. The zero-order valence-corrected chi connectivity index (χ0v) is 17.2. The number of aromatic nitrogens is 2. The van der Waals surface area contributed by atoms with E-state index in [0.29, 0.717) is 18.3 Å². The van der Waals surface area contributed by atoms with Gasteiger partial charge in [0.2, 0.25) is 5.91 Å². The molecule has 3 rings (SSSR count). The van der Waals surface area contributed by atoms with Crippen LogP contribution in [0.15, 0.2) is 6.07 Å². The van der Waals surface area contributed by atoms with Gasteiger partial charge in [-0.25, -0.2) is 4.79 Å². The summed E-state index contributed by atoms with van der Waals surface area (Å²) in [6.45, 7) is 8.44. The molecule has 0 radical (unpaired) electrons. The first-order valence-electron chi connectivity index (χ1n) is 10.3.